The number of carbonyl (C=O) groups excluding carboxylic acids is 1. The smallest absolute Gasteiger partial charge is 0.261 e. The van der Waals surface area contributed by atoms with Gasteiger partial charge in [0.2, 0.25) is 0 Å². The van der Waals surface area contributed by atoms with Gasteiger partial charge in [-0.2, -0.15) is 10.2 Å². The Balaban J connectivity index is 1.86. The predicted octanol–water partition coefficient (Wildman–Crippen LogP) is 1.27. The molecule has 22 heavy (non-hydrogen) atoms. The van der Waals surface area contributed by atoms with Crippen LogP contribution in [0.4, 0.5) is 5.69 Å². The second kappa shape index (κ2) is 7.92. The maximum Gasteiger partial charge on any atom is 0.261 e. The zero-order valence-electron chi connectivity index (χ0n) is 12.8. The average molecular weight is 300 g/mol. The minimum atomic E-state index is -0.249. The van der Waals surface area contributed by atoms with Crippen molar-refractivity contribution in [3.05, 3.63) is 42.5 Å². The molecule has 0 aliphatic heterocycles. The van der Waals surface area contributed by atoms with Gasteiger partial charge in [0.25, 0.3) is 5.91 Å². The first-order valence-corrected chi connectivity index (χ1v) is 7.22. The summed E-state index contributed by atoms with van der Waals surface area (Å²) in [6.07, 6.45) is 4.48. The number of nitrogens with one attached hydrogen (secondary N) is 1. The summed E-state index contributed by atoms with van der Waals surface area (Å²) in [6.45, 7) is 6.30. The Bertz CT molecular complexity index is 601. The van der Waals surface area contributed by atoms with Gasteiger partial charge in [-0.25, -0.2) is 15.1 Å². The normalized spacial score (nSPS) is 10.8. The van der Waals surface area contributed by atoms with E-state index in [2.05, 4.69) is 39.4 Å². The van der Waals surface area contributed by atoms with Crippen LogP contribution in [0.3, 0.4) is 0 Å². The van der Waals surface area contributed by atoms with Crippen molar-refractivity contribution in [3.63, 3.8) is 0 Å². The highest BCUT2D eigenvalue weighted by molar-refractivity contribution is 5.82. The molecule has 7 nitrogen and oxygen atoms in total. The molecule has 116 valence electrons. The Morgan fingerprint density at radius 3 is 2.64 bits per heavy atom. The topological polar surface area (TPSA) is 75.4 Å². The van der Waals surface area contributed by atoms with E-state index in [-0.39, 0.29) is 12.5 Å². The van der Waals surface area contributed by atoms with Crippen LogP contribution in [0.25, 0.3) is 0 Å². The number of aromatic nitrogens is 3. The van der Waals surface area contributed by atoms with E-state index < -0.39 is 0 Å². The number of hydrogen-bond acceptors (Lipinski definition) is 5. The van der Waals surface area contributed by atoms with Gasteiger partial charge in [-0.3, -0.25) is 4.79 Å². The van der Waals surface area contributed by atoms with Crippen LogP contribution in [0.5, 0.6) is 0 Å². The molecule has 7 heteroatoms. The van der Waals surface area contributed by atoms with Gasteiger partial charge in [-0.05, 0) is 31.5 Å². The Labute approximate surface area is 129 Å². The summed E-state index contributed by atoms with van der Waals surface area (Å²) < 4.78 is 1.43. The summed E-state index contributed by atoms with van der Waals surface area (Å²) in [7, 11) is 0. The standard InChI is InChI=1S/C15H20N6O/c1-3-20(4-2)14-7-5-13(6-8-14)9-17-19-15(22)10-21-12-16-11-18-21/h5-9,11-12H,3-4,10H2,1-2H3,(H,19,22)/b17-9-. The minimum Gasteiger partial charge on any atom is -0.372 e. The molecule has 0 saturated carbocycles. The fourth-order valence-corrected chi connectivity index (χ4v) is 2.04. The summed E-state index contributed by atoms with van der Waals surface area (Å²) in [4.78, 5) is 17.6. The Hall–Kier alpha value is -2.70. The number of nitrogens with zero attached hydrogens (tertiary/aromatic N) is 5. The number of benzene rings is 1. The number of carbonyl (C=O) groups is 1. The fraction of sp³-hybridized carbons (Fsp3) is 0.333. The summed E-state index contributed by atoms with van der Waals surface area (Å²) >= 11 is 0. The third-order valence-electron chi connectivity index (χ3n) is 3.20. The van der Waals surface area contributed by atoms with Gasteiger partial charge in [-0.1, -0.05) is 12.1 Å². The first-order valence-electron chi connectivity index (χ1n) is 7.22. The van der Waals surface area contributed by atoms with Crippen LogP contribution in [-0.4, -0.2) is 40.0 Å². The van der Waals surface area contributed by atoms with Gasteiger partial charge in [0, 0.05) is 18.8 Å². The van der Waals surface area contributed by atoms with Crippen molar-refractivity contribution >= 4 is 17.8 Å². The van der Waals surface area contributed by atoms with Crippen LogP contribution in [0.15, 0.2) is 42.0 Å². The van der Waals surface area contributed by atoms with Crippen molar-refractivity contribution in [1.29, 1.82) is 0 Å². The Kier molecular flexibility index (Phi) is 5.65. The number of rotatable bonds is 7. The van der Waals surface area contributed by atoms with Crippen molar-refractivity contribution in [2.24, 2.45) is 5.10 Å². The molecule has 0 aliphatic carbocycles. The fourth-order valence-electron chi connectivity index (χ4n) is 2.04. The Morgan fingerprint density at radius 2 is 2.05 bits per heavy atom. The molecule has 2 rings (SSSR count). The molecule has 0 bridgehead atoms. The van der Waals surface area contributed by atoms with Gasteiger partial charge in [0.05, 0.1) is 6.21 Å². The maximum atomic E-state index is 11.6. The van der Waals surface area contributed by atoms with Crippen LogP contribution in [0.2, 0.25) is 0 Å². The minimum absolute atomic E-state index is 0.0955. The zero-order chi connectivity index (χ0) is 15.8. The molecular formula is C15H20N6O. The molecule has 2 aromatic rings. The second-order valence-corrected chi connectivity index (χ2v) is 4.65. The lowest BCUT2D eigenvalue weighted by Gasteiger charge is -2.20. The van der Waals surface area contributed by atoms with Gasteiger partial charge in [0.1, 0.15) is 19.2 Å². The number of hydrazone groups is 1. The van der Waals surface area contributed by atoms with E-state index in [1.54, 1.807) is 6.21 Å². The molecule has 1 aromatic carbocycles. The number of anilines is 1. The predicted molar refractivity (Wildman–Crippen MR) is 85.8 cm³/mol. The number of amides is 1. The molecule has 0 unspecified atom stereocenters. The maximum absolute atomic E-state index is 11.6. The van der Waals surface area contributed by atoms with E-state index in [4.69, 9.17) is 0 Å². The highest BCUT2D eigenvalue weighted by Gasteiger charge is 2.02. The summed E-state index contributed by atoms with van der Waals surface area (Å²) in [5.74, 6) is -0.249. The van der Waals surface area contributed by atoms with Crippen LogP contribution in [-0.2, 0) is 11.3 Å². The van der Waals surface area contributed by atoms with Crippen molar-refractivity contribution < 1.29 is 4.79 Å². The van der Waals surface area contributed by atoms with E-state index >= 15 is 0 Å². The van der Waals surface area contributed by atoms with Crippen LogP contribution in [0, 0.1) is 0 Å². The summed E-state index contributed by atoms with van der Waals surface area (Å²) in [5, 5.41) is 7.79. The largest absolute Gasteiger partial charge is 0.372 e. The lowest BCUT2D eigenvalue weighted by Crippen LogP contribution is -2.23. The van der Waals surface area contributed by atoms with E-state index in [0.29, 0.717) is 0 Å². The molecule has 0 aliphatic rings. The quantitative estimate of drug-likeness (QED) is 0.617. The van der Waals surface area contributed by atoms with Gasteiger partial charge in [0.15, 0.2) is 0 Å². The lowest BCUT2D eigenvalue weighted by atomic mass is 10.2. The van der Waals surface area contributed by atoms with E-state index in [1.807, 2.05) is 24.3 Å². The molecule has 1 N–H and O–H groups in total. The number of hydrogen-bond donors (Lipinski definition) is 1. The molecule has 0 saturated heterocycles. The molecule has 1 aromatic heterocycles. The van der Waals surface area contributed by atoms with Crippen molar-refractivity contribution in [3.8, 4) is 0 Å². The van der Waals surface area contributed by atoms with E-state index in [9.17, 15) is 4.79 Å². The highest BCUT2D eigenvalue weighted by atomic mass is 16.2. The molecule has 1 heterocycles. The van der Waals surface area contributed by atoms with Crippen molar-refractivity contribution in [1.82, 2.24) is 20.2 Å². The first-order chi connectivity index (χ1) is 10.7. The zero-order valence-corrected chi connectivity index (χ0v) is 12.8. The van der Waals surface area contributed by atoms with Gasteiger partial charge < -0.3 is 4.90 Å². The average Bonchev–Trinajstić information content (AvgIpc) is 3.03. The highest BCUT2D eigenvalue weighted by Crippen LogP contribution is 2.13. The van der Waals surface area contributed by atoms with Crippen LogP contribution >= 0.6 is 0 Å². The molecule has 1 amide bonds. The van der Waals surface area contributed by atoms with Crippen molar-refractivity contribution in [2.45, 2.75) is 20.4 Å². The lowest BCUT2D eigenvalue weighted by molar-refractivity contribution is -0.121. The summed E-state index contributed by atoms with van der Waals surface area (Å²) in [5.41, 5.74) is 4.57. The molecular weight excluding hydrogens is 280 g/mol. The monoisotopic (exact) mass is 300 g/mol. The summed E-state index contributed by atoms with van der Waals surface area (Å²) in [6, 6.07) is 8.04. The van der Waals surface area contributed by atoms with Gasteiger partial charge >= 0.3 is 0 Å². The van der Waals surface area contributed by atoms with Crippen LogP contribution < -0.4 is 10.3 Å². The molecule has 0 radical (unpaired) electrons. The second-order valence-electron chi connectivity index (χ2n) is 4.65. The molecule has 0 fully saturated rings. The third-order valence-corrected chi connectivity index (χ3v) is 3.20. The molecule has 0 atom stereocenters. The third kappa shape index (κ3) is 4.41. The Morgan fingerprint density at radius 1 is 1.32 bits per heavy atom. The SMILES string of the molecule is CCN(CC)c1ccc(/C=N\NC(=O)Cn2cncn2)cc1. The van der Waals surface area contributed by atoms with Gasteiger partial charge in [-0.15, -0.1) is 0 Å². The van der Waals surface area contributed by atoms with Crippen molar-refractivity contribution in [2.75, 3.05) is 18.0 Å². The van der Waals surface area contributed by atoms with E-state index in [0.717, 1.165) is 18.7 Å². The first kappa shape index (κ1) is 15.7. The molecule has 0 spiro atoms. The van der Waals surface area contributed by atoms with E-state index in [1.165, 1.54) is 23.0 Å². The van der Waals surface area contributed by atoms with Crippen LogP contribution in [0.1, 0.15) is 19.4 Å².